The zero-order chi connectivity index (χ0) is 15.4. The van der Waals surface area contributed by atoms with E-state index in [9.17, 15) is 9.18 Å². The van der Waals surface area contributed by atoms with E-state index in [4.69, 9.17) is 0 Å². The smallest absolute Gasteiger partial charge is 0.185 e. The summed E-state index contributed by atoms with van der Waals surface area (Å²) in [7, 11) is 0. The lowest BCUT2D eigenvalue weighted by molar-refractivity contribution is 0.104. The molecule has 0 N–H and O–H groups in total. The van der Waals surface area contributed by atoms with Gasteiger partial charge in [0.25, 0.3) is 0 Å². The minimum absolute atomic E-state index is 0.0442. The van der Waals surface area contributed by atoms with Crippen molar-refractivity contribution in [3.63, 3.8) is 0 Å². The summed E-state index contributed by atoms with van der Waals surface area (Å²) >= 11 is 0. The van der Waals surface area contributed by atoms with Crippen LogP contribution in [0.1, 0.15) is 28.8 Å². The van der Waals surface area contributed by atoms with E-state index < -0.39 is 0 Å². The van der Waals surface area contributed by atoms with Crippen LogP contribution in [0, 0.1) is 5.82 Å². The van der Waals surface area contributed by atoms with E-state index in [2.05, 4.69) is 4.90 Å². The van der Waals surface area contributed by atoms with Crippen molar-refractivity contribution in [3.05, 3.63) is 71.6 Å². The van der Waals surface area contributed by atoms with Crippen molar-refractivity contribution in [3.8, 4) is 0 Å². The number of hydrogen-bond donors (Lipinski definition) is 0. The van der Waals surface area contributed by atoms with Gasteiger partial charge in [-0.25, -0.2) is 4.39 Å². The third-order valence-corrected chi connectivity index (χ3v) is 3.92. The Balaban J connectivity index is 1.68. The predicted molar refractivity (Wildman–Crippen MR) is 87.7 cm³/mol. The van der Waals surface area contributed by atoms with Crippen LogP contribution in [-0.4, -0.2) is 18.9 Å². The van der Waals surface area contributed by atoms with Gasteiger partial charge >= 0.3 is 0 Å². The minimum atomic E-state index is -0.277. The summed E-state index contributed by atoms with van der Waals surface area (Å²) < 4.78 is 12.8. The van der Waals surface area contributed by atoms with Gasteiger partial charge in [-0.2, -0.15) is 0 Å². The maximum absolute atomic E-state index is 12.8. The number of hydrogen-bond acceptors (Lipinski definition) is 2. The van der Waals surface area contributed by atoms with Crippen molar-refractivity contribution in [1.29, 1.82) is 0 Å². The molecule has 1 saturated heterocycles. The average molecular weight is 295 g/mol. The molecule has 1 aliphatic rings. The van der Waals surface area contributed by atoms with Gasteiger partial charge in [0.05, 0.1) is 0 Å². The number of halogens is 1. The molecule has 0 atom stereocenters. The molecule has 2 aromatic rings. The molecule has 2 nitrogen and oxygen atoms in total. The molecule has 0 bridgehead atoms. The van der Waals surface area contributed by atoms with Crippen LogP contribution in [0.5, 0.6) is 0 Å². The maximum Gasteiger partial charge on any atom is 0.185 e. The van der Waals surface area contributed by atoms with Gasteiger partial charge in [0.15, 0.2) is 5.78 Å². The van der Waals surface area contributed by atoms with Crippen molar-refractivity contribution in [1.82, 2.24) is 0 Å². The van der Waals surface area contributed by atoms with E-state index in [0.717, 1.165) is 18.7 Å². The minimum Gasteiger partial charge on any atom is -0.372 e. The fourth-order valence-electron chi connectivity index (χ4n) is 2.65. The highest BCUT2D eigenvalue weighted by Crippen LogP contribution is 2.20. The van der Waals surface area contributed by atoms with Crippen LogP contribution in [0.4, 0.5) is 10.1 Å². The lowest BCUT2D eigenvalue weighted by atomic mass is 10.1. The van der Waals surface area contributed by atoms with Gasteiger partial charge in [-0.15, -0.1) is 0 Å². The SMILES string of the molecule is O=C(C=Cc1ccc(F)cc1)c1ccc(N2CCCC2)cc1. The second-order valence-electron chi connectivity index (χ2n) is 5.49. The van der Waals surface area contributed by atoms with Crippen LogP contribution in [0.15, 0.2) is 54.6 Å². The first-order valence-electron chi connectivity index (χ1n) is 7.55. The number of carbonyl (C=O) groups is 1. The first-order chi connectivity index (χ1) is 10.7. The molecule has 1 fully saturated rings. The molecule has 0 unspecified atom stereocenters. The number of benzene rings is 2. The Labute approximate surface area is 129 Å². The molecule has 0 saturated carbocycles. The van der Waals surface area contributed by atoms with E-state index in [1.54, 1.807) is 18.2 Å². The molecule has 2 aromatic carbocycles. The Hall–Kier alpha value is -2.42. The van der Waals surface area contributed by atoms with E-state index in [1.807, 2.05) is 24.3 Å². The maximum atomic E-state index is 12.8. The topological polar surface area (TPSA) is 20.3 Å². The Kier molecular flexibility index (Phi) is 4.33. The summed E-state index contributed by atoms with van der Waals surface area (Å²) in [4.78, 5) is 14.5. The summed E-state index contributed by atoms with van der Waals surface area (Å²) in [5.74, 6) is -0.321. The summed E-state index contributed by atoms with van der Waals surface area (Å²) in [6, 6.07) is 13.8. The summed E-state index contributed by atoms with van der Waals surface area (Å²) in [6.45, 7) is 2.19. The van der Waals surface area contributed by atoms with Crippen molar-refractivity contribution in [2.24, 2.45) is 0 Å². The lowest BCUT2D eigenvalue weighted by Gasteiger charge is -2.17. The lowest BCUT2D eigenvalue weighted by Crippen LogP contribution is -2.17. The van der Waals surface area contributed by atoms with Gasteiger partial charge in [-0.05, 0) is 60.9 Å². The molecule has 3 rings (SSSR count). The Morgan fingerprint density at radius 3 is 2.23 bits per heavy atom. The van der Waals surface area contributed by atoms with Gasteiger partial charge in [-0.3, -0.25) is 4.79 Å². The third kappa shape index (κ3) is 3.42. The summed E-state index contributed by atoms with van der Waals surface area (Å²) in [6.07, 6.45) is 5.70. The molecule has 112 valence electrons. The van der Waals surface area contributed by atoms with E-state index >= 15 is 0 Å². The summed E-state index contributed by atoms with van der Waals surface area (Å²) in [5.41, 5.74) is 2.65. The van der Waals surface area contributed by atoms with Crippen molar-refractivity contribution < 1.29 is 9.18 Å². The van der Waals surface area contributed by atoms with Crippen LogP contribution >= 0.6 is 0 Å². The quantitative estimate of drug-likeness (QED) is 0.618. The number of anilines is 1. The van der Waals surface area contributed by atoms with E-state index in [-0.39, 0.29) is 11.6 Å². The van der Waals surface area contributed by atoms with Gasteiger partial charge in [-0.1, -0.05) is 18.2 Å². The fraction of sp³-hybridized carbons (Fsp3) is 0.211. The molecule has 0 aliphatic carbocycles. The number of nitrogens with zero attached hydrogens (tertiary/aromatic N) is 1. The second kappa shape index (κ2) is 6.56. The zero-order valence-corrected chi connectivity index (χ0v) is 12.3. The van der Waals surface area contributed by atoms with Gasteiger partial charge in [0.1, 0.15) is 5.82 Å². The first-order valence-corrected chi connectivity index (χ1v) is 7.55. The standard InChI is InChI=1S/C19H18FNO/c20-17-8-3-15(4-9-17)5-12-19(22)16-6-10-18(11-7-16)21-13-1-2-14-21/h3-12H,1-2,13-14H2. The number of ketones is 1. The summed E-state index contributed by atoms with van der Waals surface area (Å²) in [5, 5.41) is 0. The molecule has 1 aliphatic heterocycles. The van der Waals surface area contributed by atoms with Gasteiger partial charge in [0, 0.05) is 24.3 Å². The van der Waals surface area contributed by atoms with Crippen LogP contribution in [0.25, 0.3) is 6.08 Å². The van der Waals surface area contributed by atoms with Crippen LogP contribution < -0.4 is 4.90 Å². The average Bonchev–Trinajstić information content (AvgIpc) is 3.09. The Morgan fingerprint density at radius 2 is 1.59 bits per heavy atom. The molecule has 0 radical (unpaired) electrons. The van der Waals surface area contributed by atoms with Crippen LogP contribution in [-0.2, 0) is 0 Å². The number of allylic oxidation sites excluding steroid dienone is 1. The Bertz CT molecular complexity index is 668. The first kappa shape index (κ1) is 14.5. The van der Waals surface area contributed by atoms with Crippen molar-refractivity contribution >= 4 is 17.5 Å². The van der Waals surface area contributed by atoms with Crippen molar-refractivity contribution in [2.75, 3.05) is 18.0 Å². The molecule has 1 heterocycles. The molecule has 0 spiro atoms. The van der Waals surface area contributed by atoms with Crippen LogP contribution in [0.2, 0.25) is 0 Å². The number of carbonyl (C=O) groups excluding carboxylic acids is 1. The van der Waals surface area contributed by atoms with Crippen LogP contribution in [0.3, 0.4) is 0 Å². The highest BCUT2D eigenvalue weighted by Gasteiger charge is 2.12. The molecule has 0 amide bonds. The van der Waals surface area contributed by atoms with Crippen molar-refractivity contribution in [2.45, 2.75) is 12.8 Å². The second-order valence-corrected chi connectivity index (χ2v) is 5.49. The fourth-order valence-corrected chi connectivity index (χ4v) is 2.65. The largest absolute Gasteiger partial charge is 0.372 e. The normalized spacial score (nSPS) is 14.7. The van der Waals surface area contributed by atoms with E-state index in [0.29, 0.717) is 5.56 Å². The molecule has 0 aromatic heterocycles. The van der Waals surface area contributed by atoms with Gasteiger partial charge < -0.3 is 4.90 Å². The zero-order valence-electron chi connectivity index (χ0n) is 12.3. The van der Waals surface area contributed by atoms with E-state index in [1.165, 1.54) is 36.7 Å². The monoisotopic (exact) mass is 295 g/mol. The van der Waals surface area contributed by atoms with Gasteiger partial charge in [0.2, 0.25) is 0 Å². The molecule has 3 heteroatoms. The molecule has 22 heavy (non-hydrogen) atoms. The predicted octanol–water partition coefficient (Wildman–Crippen LogP) is 4.32. The Morgan fingerprint density at radius 1 is 0.955 bits per heavy atom. The molecular formula is C19H18FNO. The highest BCUT2D eigenvalue weighted by atomic mass is 19.1. The molecular weight excluding hydrogens is 277 g/mol. The number of rotatable bonds is 4. The third-order valence-electron chi connectivity index (χ3n) is 3.92. The highest BCUT2D eigenvalue weighted by molar-refractivity contribution is 6.06.